The van der Waals surface area contributed by atoms with Crippen LogP contribution in [0.4, 0.5) is 4.39 Å². The third kappa shape index (κ3) is 13.7. The van der Waals surface area contributed by atoms with Crippen LogP contribution in [0.25, 0.3) is 0 Å². The van der Waals surface area contributed by atoms with Crippen molar-refractivity contribution in [2.75, 3.05) is 0 Å². The summed E-state index contributed by atoms with van der Waals surface area (Å²) in [6, 6.07) is 0. The molecule has 1 nitrogen and oxygen atoms in total. The fraction of sp³-hybridized carbons (Fsp3) is 0.938. The van der Waals surface area contributed by atoms with Crippen molar-refractivity contribution < 1.29 is 9.18 Å². The lowest BCUT2D eigenvalue weighted by Gasteiger charge is -2.03. The highest BCUT2D eigenvalue weighted by Crippen LogP contribution is 2.13. The van der Waals surface area contributed by atoms with Crippen LogP contribution in [0.5, 0.6) is 0 Å². The molecule has 2 heteroatoms. The van der Waals surface area contributed by atoms with Gasteiger partial charge in [-0.2, -0.15) is 0 Å². The maximum Gasteiger partial charge on any atom is 0.155 e. The summed E-state index contributed by atoms with van der Waals surface area (Å²) in [5, 5.41) is 0. The number of carbonyl (C=O) groups is 1. The highest BCUT2D eigenvalue weighted by Gasteiger charge is 2.02. The van der Waals surface area contributed by atoms with Crippen LogP contribution < -0.4 is 0 Å². The van der Waals surface area contributed by atoms with Crippen LogP contribution in [0.1, 0.15) is 90.4 Å². The molecule has 0 aromatic rings. The molecule has 0 aliphatic carbocycles. The fourth-order valence-corrected chi connectivity index (χ4v) is 2.25. The lowest BCUT2D eigenvalue weighted by molar-refractivity contribution is -0.112. The van der Waals surface area contributed by atoms with Crippen LogP contribution in [0.15, 0.2) is 0 Å². The van der Waals surface area contributed by atoms with Gasteiger partial charge < -0.3 is 4.79 Å². The first-order chi connectivity index (χ1) is 8.81. The number of alkyl halides is 1. The zero-order valence-corrected chi connectivity index (χ0v) is 12.1. The molecule has 0 fully saturated rings. The van der Waals surface area contributed by atoms with Gasteiger partial charge in [0.1, 0.15) is 0 Å². The van der Waals surface area contributed by atoms with E-state index in [4.69, 9.17) is 0 Å². The molecule has 0 saturated heterocycles. The van der Waals surface area contributed by atoms with E-state index in [0.29, 0.717) is 12.7 Å². The molecular formula is C16H31FO. The van der Waals surface area contributed by atoms with Crippen molar-refractivity contribution >= 4 is 6.29 Å². The van der Waals surface area contributed by atoms with E-state index in [-0.39, 0.29) is 0 Å². The third-order valence-electron chi connectivity index (χ3n) is 3.48. The third-order valence-corrected chi connectivity index (χ3v) is 3.48. The van der Waals surface area contributed by atoms with E-state index in [9.17, 15) is 9.18 Å². The molecule has 0 heterocycles. The molecule has 108 valence electrons. The van der Waals surface area contributed by atoms with Crippen molar-refractivity contribution in [3.63, 3.8) is 0 Å². The summed E-state index contributed by atoms with van der Waals surface area (Å²) >= 11 is 0. The Hall–Kier alpha value is -0.400. The summed E-state index contributed by atoms with van der Waals surface area (Å²) in [4.78, 5) is 10.1. The second-order valence-electron chi connectivity index (χ2n) is 5.33. The minimum Gasteiger partial charge on any atom is -0.300 e. The standard InChI is InChI=1S/C16H31FO/c1-2-3-4-5-6-7-8-9-10-11-12-13-14-16(17)15-18/h15-16H,2-14H2,1H3. The lowest BCUT2D eigenvalue weighted by Crippen LogP contribution is -2.00. The van der Waals surface area contributed by atoms with Gasteiger partial charge in [0.2, 0.25) is 0 Å². The van der Waals surface area contributed by atoms with Crippen molar-refractivity contribution in [3.8, 4) is 0 Å². The Morgan fingerprint density at radius 2 is 1.17 bits per heavy atom. The minimum absolute atomic E-state index is 0.415. The first kappa shape index (κ1) is 17.6. The van der Waals surface area contributed by atoms with Gasteiger partial charge in [-0.05, 0) is 6.42 Å². The second kappa shape index (κ2) is 14.7. The van der Waals surface area contributed by atoms with Crippen LogP contribution in [0, 0.1) is 0 Å². The Morgan fingerprint density at radius 3 is 1.56 bits per heavy atom. The molecule has 0 aromatic heterocycles. The molecule has 0 rings (SSSR count). The summed E-state index contributed by atoms with van der Waals surface area (Å²) in [5.41, 5.74) is 0. The summed E-state index contributed by atoms with van der Waals surface area (Å²) in [7, 11) is 0. The van der Waals surface area contributed by atoms with E-state index < -0.39 is 6.17 Å². The van der Waals surface area contributed by atoms with Crippen molar-refractivity contribution in [2.45, 2.75) is 96.6 Å². The van der Waals surface area contributed by atoms with E-state index in [0.717, 1.165) is 12.8 Å². The first-order valence-corrected chi connectivity index (χ1v) is 7.90. The number of rotatable bonds is 14. The second-order valence-corrected chi connectivity index (χ2v) is 5.33. The Morgan fingerprint density at radius 1 is 0.778 bits per heavy atom. The average Bonchev–Trinajstić information content (AvgIpc) is 2.39. The highest BCUT2D eigenvalue weighted by atomic mass is 19.1. The zero-order chi connectivity index (χ0) is 13.5. The van der Waals surface area contributed by atoms with Gasteiger partial charge in [-0.25, -0.2) is 4.39 Å². The predicted octanol–water partition coefficient (Wildman–Crippen LogP) is 5.61. The van der Waals surface area contributed by atoms with E-state index in [1.54, 1.807) is 0 Å². The maximum absolute atomic E-state index is 12.6. The molecule has 18 heavy (non-hydrogen) atoms. The maximum atomic E-state index is 12.6. The Labute approximate surface area is 113 Å². The van der Waals surface area contributed by atoms with Gasteiger partial charge in [-0.15, -0.1) is 0 Å². The van der Waals surface area contributed by atoms with Gasteiger partial charge in [-0.3, -0.25) is 0 Å². The molecular weight excluding hydrogens is 227 g/mol. The molecule has 0 aliphatic rings. The summed E-state index contributed by atoms with van der Waals surface area (Å²) in [5.74, 6) is 0. The summed E-state index contributed by atoms with van der Waals surface area (Å²) < 4.78 is 12.6. The topological polar surface area (TPSA) is 17.1 Å². The monoisotopic (exact) mass is 258 g/mol. The largest absolute Gasteiger partial charge is 0.300 e. The Bertz CT molecular complexity index is 170. The summed E-state index contributed by atoms with van der Waals surface area (Å²) in [6.45, 7) is 2.25. The predicted molar refractivity (Wildman–Crippen MR) is 76.7 cm³/mol. The molecule has 1 atom stereocenters. The molecule has 1 unspecified atom stereocenters. The number of unbranched alkanes of at least 4 members (excludes halogenated alkanes) is 11. The Kier molecular flexibility index (Phi) is 14.3. The first-order valence-electron chi connectivity index (χ1n) is 7.90. The number of halogens is 1. The quantitative estimate of drug-likeness (QED) is 0.292. The minimum atomic E-state index is -1.23. The lowest BCUT2D eigenvalue weighted by atomic mass is 10.0. The van der Waals surface area contributed by atoms with Gasteiger partial charge in [0.15, 0.2) is 12.5 Å². The molecule has 0 spiro atoms. The van der Waals surface area contributed by atoms with Crippen LogP contribution in [-0.2, 0) is 4.79 Å². The van der Waals surface area contributed by atoms with E-state index >= 15 is 0 Å². The van der Waals surface area contributed by atoms with Gasteiger partial charge >= 0.3 is 0 Å². The zero-order valence-electron chi connectivity index (χ0n) is 12.1. The van der Waals surface area contributed by atoms with E-state index in [1.165, 1.54) is 64.2 Å². The summed E-state index contributed by atoms with van der Waals surface area (Å²) in [6.07, 6.45) is 15.0. The fourth-order valence-electron chi connectivity index (χ4n) is 2.25. The normalized spacial score (nSPS) is 12.6. The highest BCUT2D eigenvalue weighted by molar-refractivity contribution is 5.55. The van der Waals surface area contributed by atoms with Gasteiger partial charge in [0.25, 0.3) is 0 Å². The molecule has 0 bridgehead atoms. The van der Waals surface area contributed by atoms with E-state index in [1.807, 2.05) is 0 Å². The SMILES string of the molecule is CCCCCCCCCCCCCCC(F)C=O. The van der Waals surface area contributed by atoms with Gasteiger partial charge in [-0.1, -0.05) is 84.0 Å². The van der Waals surface area contributed by atoms with Crippen molar-refractivity contribution in [1.29, 1.82) is 0 Å². The number of carbonyl (C=O) groups excluding carboxylic acids is 1. The number of aldehydes is 1. The Balaban J connectivity index is 2.96. The van der Waals surface area contributed by atoms with Crippen LogP contribution >= 0.6 is 0 Å². The smallest absolute Gasteiger partial charge is 0.155 e. The van der Waals surface area contributed by atoms with E-state index in [2.05, 4.69) is 6.92 Å². The van der Waals surface area contributed by atoms with Crippen molar-refractivity contribution in [3.05, 3.63) is 0 Å². The van der Waals surface area contributed by atoms with Crippen LogP contribution in [0.2, 0.25) is 0 Å². The van der Waals surface area contributed by atoms with Crippen LogP contribution in [-0.4, -0.2) is 12.5 Å². The molecule has 0 aromatic carbocycles. The van der Waals surface area contributed by atoms with Gasteiger partial charge in [0, 0.05) is 0 Å². The average molecular weight is 258 g/mol. The molecule has 0 N–H and O–H groups in total. The molecule has 0 saturated carbocycles. The van der Waals surface area contributed by atoms with Gasteiger partial charge in [0.05, 0.1) is 0 Å². The number of hydrogen-bond acceptors (Lipinski definition) is 1. The molecule has 0 amide bonds. The number of hydrogen-bond donors (Lipinski definition) is 0. The molecule has 0 aliphatic heterocycles. The van der Waals surface area contributed by atoms with Crippen LogP contribution in [0.3, 0.4) is 0 Å². The molecule has 0 radical (unpaired) electrons. The van der Waals surface area contributed by atoms with Crippen molar-refractivity contribution in [1.82, 2.24) is 0 Å². The van der Waals surface area contributed by atoms with Crippen molar-refractivity contribution in [2.24, 2.45) is 0 Å².